The highest BCUT2D eigenvalue weighted by molar-refractivity contribution is 6.29. The maximum atomic E-state index is 10.4. The maximum Gasteiger partial charge on any atom is 0.134 e. The summed E-state index contributed by atoms with van der Waals surface area (Å²) in [4.78, 5) is 7.88. The zero-order valence-corrected chi connectivity index (χ0v) is 10.6. The summed E-state index contributed by atoms with van der Waals surface area (Å²) in [6, 6.07) is 1.67. The van der Waals surface area contributed by atoms with Gasteiger partial charge in [0.2, 0.25) is 0 Å². The van der Waals surface area contributed by atoms with Crippen molar-refractivity contribution in [2.24, 2.45) is 0 Å². The van der Waals surface area contributed by atoms with Gasteiger partial charge in [-0.3, -0.25) is 0 Å². The Morgan fingerprint density at radius 1 is 1.24 bits per heavy atom. The summed E-state index contributed by atoms with van der Waals surface area (Å²) >= 11 is 5.77. The van der Waals surface area contributed by atoms with Gasteiger partial charge in [-0.2, -0.15) is 0 Å². The highest BCUT2D eigenvalue weighted by atomic mass is 35.5. The average Bonchev–Trinajstić information content (AvgIpc) is 2.53. The Morgan fingerprint density at radius 2 is 1.94 bits per heavy atom. The quantitative estimate of drug-likeness (QED) is 0.644. The largest absolute Gasteiger partial charge is 0.388 e. The number of halogens is 1. The van der Waals surface area contributed by atoms with Gasteiger partial charge in [-0.15, -0.1) is 0 Å². The van der Waals surface area contributed by atoms with Crippen molar-refractivity contribution in [2.75, 3.05) is 11.9 Å². The number of nitrogens with one attached hydrogen (secondary N) is 1. The summed E-state index contributed by atoms with van der Waals surface area (Å²) in [5, 5.41) is 14.0. The minimum atomic E-state index is -0.603. The van der Waals surface area contributed by atoms with Gasteiger partial charge in [-0.05, 0) is 12.8 Å². The number of hydrogen-bond donors (Lipinski definition) is 2. The topological polar surface area (TPSA) is 58.0 Å². The Kier molecular flexibility index (Phi) is 4.18. The lowest BCUT2D eigenvalue weighted by atomic mass is 9.94. The molecule has 1 heterocycles. The molecule has 0 spiro atoms. The van der Waals surface area contributed by atoms with Crippen LogP contribution in [0.3, 0.4) is 0 Å². The molecule has 1 aliphatic rings. The lowest BCUT2D eigenvalue weighted by molar-refractivity contribution is 0.0380. The fourth-order valence-electron chi connectivity index (χ4n) is 2.25. The third-order valence-corrected chi connectivity index (χ3v) is 3.47. The van der Waals surface area contributed by atoms with Crippen molar-refractivity contribution in [2.45, 2.75) is 44.1 Å². The summed E-state index contributed by atoms with van der Waals surface area (Å²) in [6.45, 7) is 0.528. The molecule has 1 aliphatic carbocycles. The van der Waals surface area contributed by atoms with Crippen LogP contribution in [-0.4, -0.2) is 27.2 Å². The Bertz CT molecular complexity index is 365. The van der Waals surface area contributed by atoms with E-state index in [2.05, 4.69) is 15.3 Å². The van der Waals surface area contributed by atoms with E-state index in [4.69, 9.17) is 11.6 Å². The first-order valence-corrected chi connectivity index (χ1v) is 6.50. The molecule has 94 valence electrons. The fraction of sp³-hybridized carbons (Fsp3) is 0.667. The summed E-state index contributed by atoms with van der Waals surface area (Å²) in [6.07, 6.45) is 7.79. The number of aromatic nitrogens is 2. The monoisotopic (exact) mass is 255 g/mol. The molecule has 1 saturated carbocycles. The number of nitrogens with zero attached hydrogens (tertiary/aromatic N) is 2. The van der Waals surface area contributed by atoms with Crippen molar-refractivity contribution < 1.29 is 5.11 Å². The fourth-order valence-corrected chi connectivity index (χ4v) is 2.40. The minimum Gasteiger partial charge on any atom is -0.388 e. The molecule has 4 nitrogen and oxygen atoms in total. The summed E-state index contributed by atoms with van der Waals surface area (Å²) in [7, 11) is 0. The van der Waals surface area contributed by atoms with Crippen LogP contribution in [0.15, 0.2) is 12.4 Å². The zero-order valence-electron chi connectivity index (χ0n) is 9.82. The predicted octanol–water partition coefficient (Wildman–Crippen LogP) is 2.63. The van der Waals surface area contributed by atoms with Crippen LogP contribution in [0.1, 0.15) is 38.5 Å². The van der Waals surface area contributed by atoms with Gasteiger partial charge in [0.25, 0.3) is 0 Å². The molecule has 1 aromatic rings. The number of aliphatic hydroxyl groups is 1. The van der Waals surface area contributed by atoms with Crippen LogP contribution in [0.5, 0.6) is 0 Å². The molecule has 0 amide bonds. The molecular weight excluding hydrogens is 238 g/mol. The standard InChI is InChI=1S/C12H18ClN3O/c13-10-7-11(16-9-15-10)14-8-12(17)5-3-1-2-4-6-12/h7,9,17H,1-6,8H2,(H,14,15,16). The normalized spacial score (nSPS) is 19.6. The van der Waals surface area contributed by atoms with E-state index in [9.17, 15) is 5.11 Å². The van der Waals surface area contributed by atoms with E-state index < -0.39 is 5.60 Å². The highest BCUT2D eigenvalue weighted by Crippen LogP contribution is 2.27. The van der Waals surface area contributed by atoms with Crippen LogP contribution in [0.2, 0.25) is 5.15 Å². The van der Waals surface area contributed by atoms with Crippen LogP contribution in [0.4, 0.5) is 5.82 Å². The van der Waals surface area contributed by atoms with E-state index in [1.807, 2.05) is 0 Å². The SMILES string of the molecule is OC1(CNc2cc(Cl)ncn2)CCCCCC1. The van der Waals surface area contributed by atoms with E-state index >= 15 is 0 Å². The number of hydrogen-bond acceptors (Lipinski definition) is 4. The highest BCUT2D eigenvalue weighted by Gasteiger charge is 2.27. The van der Waals surface area contributed by atoms with E-state index in [1.165, 1.54) is 19.2 Å². The van der Waals surface area contributed by atoms with E-state index in [1.54, 1.807) is 6.07 Å². The van der Waals surface area contributed by atoms with Crippen molar-refractivity contribution in [3.8, 4) is 0 Å². The van der Waals surface area contributed by atoms with Crippen molar-refractivity contribution in [1.29, 1.82) is 0 Å². The van der Waals surface area contributed by atoms with Gasteiger partial charge in [-0.1, -0.05) is 37.3 Å². The third-order valence-electron chi connectivity index (χ3n) is 3.27. The second-order valence-corrected chi connectivity index (χ2v) is 5.11. The molecule has 0 unspecified atom stereocenters. The molecule has 0 bridgehead atoms. The van der Waals surface area contributed by atoms with Gasteiger partial charge in [0.05, 0.1) is 5.60 Å². The molecule has 0 saturated heterocycles. The lowest BCUT2D eigenvalue weighted by Gasteiger charge is -2.27. The second kappa shape index (κ2) is 5.65. The van der Waals surface area contributed by atoms with Gasteiger partial charge < -0.3 is 10.4 Å². The smallest absolute Gasteiger partial charge is 0.134 e. The van der Waals surface area contributed by atoms with Crippen molar-refractivity contribution in [3.05, 3.63) is 17.5 Å². The molecule has 17 heavy (non-hydrogen) atoms. The molecule has 1 aromatic heterocycles. The van der Waals surface area contributed by atoms with Crippen molar-refractivity contribution >= 4 is 17.4 Å². The van der Waals surface area contributed by atoms with Crippen LogP contribution < -0.4 is 5.32 Å². The maximum absolute atomic E-state index is 10.4. The van der Waals surface area contributed by atoms with E-state index in [-0.39, 0.29) is 0 Å². The lowest BCUT2D eigenvalue weighted by Crippen LogP contribution is -2.36. The molecule has 0 atom stereocenters. The van der Waals surface area contributed by atoms with Gasteiger partial charge in [0, 0.05) is 12.6 Å². The van der Waals surface area contributed by atoms with E-state index in [0.717, 1.165) is 25.7 Å². The molecule has 5 heteroatoms. The van der Waals surface area contributed by atoms with Gasteiger partial charge in [0.15, 0.2) is 0 Å². The van der Waals surface area contributed by atoms with E-state index in [0.29, 0.717) is 17.5 Å². The summed E-state index contributed by atoms with van der Waals surface area (Å²) in [5.41, 5.74) is -0.603. The molecule has 2 rings (SSSR count). The molecule has 0 aliphatic heterocycles. The number of rotatable bonds is 3. The Morgan fingerprint density at radius 3 is 2.59 bits per heavy atom. The van der Waals surface area contributed by atoms with Crippen LogP contribution >= 0.6 is 11.6 Å². The first-order valence-electron chi connectivity index (χ1n) is 6.12. The van der Waals surface area contributed by atoms with Gasteiger partial charge >= 0.3 is 0 Å². The molecule has 0 aromatic carbocycles. The van der Waals surface area contributed by atoms with Crippen LogP contribution in [0.25, 0.3) is 0 Å². The summed E-state index contributed by atoms with van der Waals surface area (Å²) < 4.78 is 0. The molecular formula is C12H18ClN3O. The minimum absolute atomic E-state index is 0.412. The molecule has 2 N–H and O–H groups in total. The number of anilines is 1. The van der Waals surface area contributed by atoms with Crippen LogP contribution in [0, 0.1) is 0 Å². The Balaban J connectivity index is 1.92. The molecule has 0 radical (unpaired) electrons. The van der Waals surface area contributed by atoms with Crippen molar-refractivity contribution in [3.63, 3.8) is 0 Å². The Labute approximate surface area is 106 Å². The first-order chi connectivity index (χ1) is 8.18. The predicted molar refractivity (Wildman–Crippen MR) is 68.2 cm³/mol. The second-order valence-electron chi connectivity index (χ2n) is 4.72. The van der Waals surface area contributed by atoms with Crippen LogP contribution in [-0.2, 0) is 0 Å². The van der Waals surface area contributed by atoms with Gasteiger partial charge in [0.1, 0.15) is 17.3 Å². The average molecular weight is 256 g/mol. The molecule has 1 fully saturated rings. The summed E-state index contributed by atoms with van der Waals surface area (Å²) in [5.74, 6) is 0.669. The first kappa shape index (κ1) is 12.6. The van der Waals surface area contributed by atoms with Crippen molar-refractivity contribution in [1.82, 2.24) is 9.97 Å². The third kappa shape index (κ3) is 3.82. The Hall–Kier alpha value is -0.870. The van der Waals surface area contributed by atoms with Gasteiger partial charge in [-0.25, -0.2) is 9.97 Å². The zero-order chi connectivity index (χ0) is 12.1.